The number of ether oxygens (including phenoxy) is 3. The van der Waals surface area contributed by atoms with Crippen LogP contribution in [0.4, 0.5) is 0 Å². The molecular weight excluding hydrogens is 334 g/mol. The number of hydrogen-bond donors (Lipinski definition) is 1. The number of unbranched alkanes of at least 4 members (excludes halogenated alkanes) is 3. The van der Waals surface area contributed by atoms with Gasteiger partial charge in [-0.05, 0) is 32.4 Å². The first-order chi connectivity index (χ1) is 12.6. The highest BCUT2D eigenvalue weighted by molar-refractivity contribution is 5.90. The summed E-state index contributed by atoms with van der Waals surface area (Å²) < 4.78 is 16.1. The minimum absolute atomic E-state index is 0.00544. The number of carbonyl (C=O) groups excluding carboxylic acids is 2. The Morgan fingerprint density at radius 2 is 1.58 bits per heavy atom. The van der Waals surface area contributed by atoms with Gasteiger partial charge in [-0.3, -0.25) is 4.79 Å². The average molecular weight is 365 g/mol. The third-order valence-corrected chi connectivity index (χ3v) is 3.65. The van der Waals surface area contributed by atoms with E-state index in [1.807, 2.05) is 13.8 Å². The fraction of sp³-hybridized carbons (Fsp3) is 0.600. The van der Waals surface area contributed by atoms with Gasteiger partial charge in [-0.15, -0.1) is 0 Å². The molecule has 0 atom stereocenters. The van der Waals surface area contributed by atoms with E-state index >= 15 is 0 Å². The maximum Gasteiger partial charge on any atom is 0.338 e. The summed E-state index contributed by atoms with van der Waals surface area (Å²) in [4.78, 5) is 23.9. The second kappa shape index (κ2) is 13.0. The maximum atomic E-state index is 12.2. The Morgan fingerprint density at radius 1 is 0.923 bits per heavy atom. The van der Waals surface area contributed by atoms with Crippen LogP contribution in [0.15, 0.2) is 18.2 Å². The van der Waals surface area contributed by atoms with Crippen molar-refractivity contribution in [1.29, 1.82) is 0 Å². The average Bonchev–Trinajstić information content (AvgIpc) is 2.62. The fourth-order valence-electron chi connectivity index (χ4n) is 2.41. The van der Waals surface area contributed by atoms with Crippen molar-refractivity contribution in [2.75, 3.05) is 26.4 Å². The predicted molar refractivity (Wildman–Crippen MR) is 101 cm³/mol. The molecule has 0 aliphatic rings. The van der Waals surface area contributed by atoms with Crippen LogP contribution in [0.2, 0.25) is 0 Å². The quantitative estimate of drug-likeness (QED) is 0.426. The van der Waals surface area contributed by atoms with Gasteiger partial charge in [0.05, 0.1) is 25.3 Å². The molecule has 0 unspecified atom stereocenters. The number of carbonyl (C=O) groups is 2. The van der Waals surface area contributed by atoms with Crippen LogP contribution in [-0.4, -0.2) is 38.2 Å². The van der Waals surface area contributed by atoms with Crippen molar-refractivity contribution in [2.45, 2.75) is 52.9 Å². The molecule has 0 saturated carbocycles. The number of esters is 1. The summed E-state index contributed by atoms with van der Waals surface area (Å²) in [7, 11) is 0. The third kappa shape index (κ3) is 8.74. The Balaban J connectivity index is 2.41. The summed E-state index contributed by atoms with van der Waals surface area (Å²) in [5.41, 5.74) is 0.366. The van der Waals surface area contributed by atoms with Gasteiger partial charge in [-0.25, -0.2) is 4.79 Å². The molecule has 1 aromatic carbocycles. The lowest BCUT2D eigenvalue weighted by Gasteiger charge is -2.11. The summed E-state index contributed by atoms with van der Waals surface area (Å²) in [5.74, 6) is 0.649. The zero-order chi connectivity index (χ0) is 19.2. The van der Waals surface area contributed by atoms with E-state index < -0.39 is 5.97 Å². The van der Waals surface area contributed by atoms with E-state index in [1.54, 1.807) is 18.2 Å². The molecule has 0 aliphatic heterocycles. The maximum absolute atomic E-state index is 12.2. The second-order valence-electron chi connectivity index (χ2n) is 5.86. The van der Waals surface area contributed by atoms with Crippen molar-refractivity contribution in [2.24, 2.45) is 0 Å². The van der Waals surface area contributed by atoms with Crippen molar-refractivity contribution in [1.82, 2.24) is 5.32 Å². The van der Waals surface area contributed by atoms with Gasteiger partial charge in [-0.2, -0.15) is 0 Å². The first-order valence-corrected chi connectivity index (χ1v) is 9.45. The van der Waals surface area contributed by atoms with Crippen LogP contribution in [0.5, 0.6) is 11.5 Å². The van der Waals surface area contributed by atoms with Crippen molar-refractivity contribution >= 4 is 11.9 Å². The Labute approximate surface area is 156 Å². The first-order valence-electron chi connectivity index (χ1n) is 9.45. The van der Waals surface area contributed by atoms with Crippen LogP contribution in [0.3, 0.4) is 0 Å². The lowest BCUT2D eigenvalue weighted by Crippen LogP contribution is -2.27. The predicted octanol–water partition coefficient (Wildman–Crippen LogP) is 3.73. The van der Waals surface area contributed by atoms with Crippen LogP contribution in [0.1, 0.15) is 63.2 Å². The highest BCUT2D eigenvalue weighted by Gasteiger charge is 2.12. The van der Waals surface area contributed by atoms with Crippen LogP contribution in [-0.2, 0) is 9.53 Å². The molecule has 6 nitrogen and oxygen atoms in total. The molecule has 0 spiro atoms. The van der Waals surface area contributed by atoms with E-state index in [0.29, 0.717) is 43.2 Å². The van der Waals surface area contributed by atoms with Gasteiger partial charge in [-0.1, -0.05) is 26.2 Å². The molecule has 6 heteroatoms. The van der Waals surface area contributed by atoms with Gasteiger partial charge in [0, 0.05) is 12.5 Å². The Hall–Kier alpha value is -2.24. The van der Waals surface area contributed by atoms with Gasteiger partial charge in [0.1, 0.15) is 18.1 Å². The lowest BCUT2D eigenvalue weighted by atomic mass is 10.1. The highest BCUT2D eigenvalue weighted by atomic mass is 16.5. The number of benzene rings is 1. The van der Waals surface area contributed by atoms with Gasteiger partial charge in [0.2, 0.25) is 5.91 Å². The smallest absolute Gasteiger partial charge is 0.338 e. The Morgan fingerprint density at radius 3 is 2.15 bits per heavy atom. The molecule has 0 bridgehead atoms. The number of hydrogen-bond acceptors (Lipinski definition) is 5. The summed E-state index contributed by atoms with van der Waals surface area (Å²) in [6.07, 6.45) is 4.77. The molecule has 0 radical (unpaired) electrons. The van der Waals surface area contributed by atoms with E-state index in [4.69, 9.17) is 14.2 Å². The SMILES string of the molecule is CCCCCCC(=O)NCCOC(=O)c1cc(OCC)cc(OCC)c1. The van der Waals surface area contributed by atoms with Crippen LogP contribution in [0, 0.1) is 0 Å². The first kappa shape index (κ1) is 21.8. The summed E-state index contributed by atoms with van der Waals surface area (Å²) in [5, 5.41) is 2.76. The van der Waals surface area contributed by atoms with E-state index in [9.17, 15) is 9.59 Å². The van der Waals surface area contributed by atoms with E-state index in [-0.39, 0.29) is 12.5 Å². The summed E-state index contributed by atoms with van der Waals surface area (Å²) >= 11 is 0. The molecule has 0 saturated heterocycles. The molecule has 1 amide bonds. The zero-order valence-corrected chi connectivity index (χ0v) is 16.1. The Bertz CT molecular complexity index is 535. The molecule has 0 heterocycles. The van der Waals surface area contributed by atoms with Crippen molar-refractivity contribution in [3.8, 4) is 11.5 Å². The standard InChI is InChI=1S/C20H31NO5/c1-4-7-8-9-10-19(22)21-11-12-26-20(23)16-13-17(24-5-2)15-18(14-16)25-6-3/h13-15H,4-12H2,1-3H3,(H,21,22). The summed E-state index contributed by atoms with van der Waals surface area (Å²) in [6, 6.07) is 4.99. The van der Waals surface area contributed by atoms with Crippen LogP contribution < -0.4 is 14.8 Å². The highest BCUT2D eigenvalue weighted by Crippen LogP contribution is 2.23. The van der Waals surface area contributed by atoms with Gasteiger partial charge in [0.25, 0.3) is 0 Å². The molecule has 0 aromatic heterocycles. The van der Waals surface area contributed by atoms with Gasteiger partial charge in [0.15, 0.2) is 0 Å². The van der Waals surface area contributed by atoms with E-state index in [0.717, 1.165) is 25.7 Å². The molecule has 0 aliphatic carbocycles. The van der Waals surface area contributed by atoms with Gasteiger partial charge >= 0.3 is 5.97 Å². The third-order valence-electron chi connectivity index (χ3n) is 3.65. The van der Waals surface area contributed by atoms with Crippen LogP contribution in [0.25, 0.3) is 0 Å². The molecular formula is C20H31NO5. The van der Waals surface area contributed by atoms with Gasteiger partial charge < -0.3 is 19.5 Å². The van der Waals surface area contributed by atoms with E-state index in [1.165, 1.54) is 0 Å². The zero-order valence-electron chi connectivity index (χ0n) is 16.1. The lowest BCUT2D eigenvalue weighted by molar-refractivity contribution is -0.121. The second-order valence-corrected chi connectivity index (χ2v) is 5.86. The minimum Gasteiger partial charge on any atom is -0.494 e. The molecule has 26 heavy (non-hydrogen) atoms. The molecule has 1 aromatic rings. The Kier molecular flexibility index (Phi) is 10.9. The topological polar surface area (TPSA) is 73.9 Å². The normalized spacial score (nSPS) is 10.3. The van der Waals surface area contributed by atoms with Crippen molar-refractivity contribution < 1.29 is 23.8 Å². The molecule has 0 fully saturated rings. The minimum atomic E-state index is -0.468. The fourth-order valence-corrected chi connectivity index (χ4v) is 2.41. The number of rotatable bonds is 13. The largest absolute Gasteiger partial charge is 0.494 e. The number of amides is 1. The molecule has 146 valence electrons. The summed E-state index contributed by atoms with van der Waals surface area (Å²) in [6.45, 7) is 7.30. The number of nitrogens with one attached hydrogen (secondary N) is 1. The molecule has 1 rings (SSSR count). The molecule has 1 N–H and O–H groups in total. The van der Waals surface area contributed by atoms with Crippen molar-refractivity contribution in [3.63, 3.8) is 0 Å². The monoisotopic (exact) mass is 365 g/mol. The van der Waals surface area contributed by atoms with Crippen molar-refractivity contribution in [3.05, 3.63) is 23.8 Å². The van der Waals surface area contributed by atoms with E-state index in [2.05, 4.69) is 12.2 Å². The van der Waals surface area contributed by atoms with Crippen LogP contribution >= 0.6 is 0 Å².